The van der Waals surface area contributed by atoms with Gasteiger partial charge in [0.1, 0.15) is 5.82 Å². The second-order valence-corrected chi connectivity index (χ2v) is 3.48. The molecule has 0 spiro atoms. The van der Waals surface area contributed by atoms with Crippen molar-refractivity contribution in [2.75, 3.05) is 0 Å². The standard InChI is InChI=1S/C11H13F3/c1-3-4-7(2)8-5-10(13)11(14)6-9(8)12/h5-7H,3-4H2,1-2H3. The average molecular weight is 202 g/mol. The molecule has 14 heavy (non-hydrogen) atoms. The van der Waals surface area contributed by atoms with Crippen molar-refractivity contribution in [3.8, 4) is 0 Å². The van der Waals surface area contributed by atoms with Crippen LogP contribution in [0.5, 0.6) is 0 Å². The molecule has 0 aromatic heterocycles. The highest BCUT2D eigenvalue weighted by Gasteiger charge is 2.14. The summed E-state index contributed by atoms with van der Waals surface area (Å²) in [5.74, 6) is -2.85. The molecule has 1 unspecified atom stereocenters. The van der Waals surface area contributed by atoms with Gasteiger partial charge < -0.3 is 0 Å². The average Bonchev–Trinajstić information content (AvgIpc) is 2.11. The first-order valence-electron chi connectivity index (χ1n) is 4.70. The van der Waals surface area contributed by atoms with Gasteiger partial charge in [0.15, 0.2) is 11.6 Å². The van der Waals surface area contributed by atoms with E-state index in [9.17, 15) is 13.2 Å². The molecule has 0 fully saturated rings. The topological polar surface area (TPSA) is 0 Å². The summed E-state index contributed by atoms with van der Waals surface area (Å²) in [5, 5.41) is 0. The van der Waals surface area contributed by atoms with Gasteiger partial charge in [-0.3, -0.25) is 0 Å². The highest BCUT2D eigenvalue weighted by molar-refractivity contribution is 5.23. The van der Waals surface area contributed by atoms with E-state index in [1.807, 2.05) is 6.92 Å². The van der Waals surface area contributed by atoms with Gasteiger partial charge in [0.25, 0.3) is 0 Å². The van der Waals surface area contributed by atoms with Crippen molar-refractivity contribution in [3.63, 3.8) is 0 Å². The maximum Gasteiger partial charge on any atom is 0.161 e. The summed E-state index contributed by atoms with van der Waals surface area (Å²) in [6.45, 7) is 3.77. The van der Waals surface area contributed by atoms with Gasteiger partial charge >= 0.3 is 0 Å². The van der Waals surface area contributed by atoms with Gasteiger partial charge in [-0.05, 0) is 24.0 Å². The van der Waals surface area contributed by atoms with Crippen LogP contribution < -0.4 is 0 Å². The van der Waals surface area contributed by atoms with Crippen molar-refractivity contribution in [1.82, 2.24) is 0 Å². The molecule has 0 N–H and O–H groups in total. The summed E-state index contributed by atoms with van der Waals surface area (Å²) in [5.41, 5.74) is 0.255. The molecule has 0 saturated carbocycles. The number of benzene rings is 1. The smallest absolute Gasteiger partial charge is 0.161 e. The van der Waals surface area contributed by atoms with Crippen molar-refractivity contribution in [3.05, 3.63) is 35.1 Å². The highest BCUT2D eigenvalue weighted by Crippen LogP contribution is 2.25. The van der Waals surface area contributed by atoms with E-state index < -0.39 is 17.5 Å². The molecule has 78 valence electrons. The predicted molar refractivity (Wildman–Crippen MR) is 49.6 cm³/mol. The van der Waals surface area contributed by atoms with Crippen LogP contribution in [0.2, 0.25) is 0 Å². The Morgan fingerprint density at radius 2 is 1.64 bits per heavy atom. The first kappa shape index (κ1) is 11.1. The third-order valence-corrected chi connectivity index (χ3v) is 2.29. The lowest BCUT2D eigenvalue weighted by Gasteiger charge is -2.11. The molecule has 0 bridgehead atoms. The van der Waals surface area contributed by atoms with Crippen molar-refractivity contribution in [2.45, 2.75) is 32.6 Å². The Morgan fingerprint density at radius 3 is 2.21 bits per heavy atom. The second-order valence-electron chi connectivity index (χ2n) is 3.48. The van der Waals surface area contributed by atoms with E-state index >= 15 is 0 Å². The van der Waals surface area contributed by atoms with Gasteiger partial charge in [0.05, 0.1) is 0 Å². The van der Waals surface area contributed by atoms with Crippen LogP contribution in [0.25, 0.3) is 0 Å². The number of halogens is 3. The van der Waals surface area contributed by atoms with Crippen LogP contribution in [0, 0.1) is 17.5 Å². The SMILES string of the molecule is CCCC(C)c1cc(F)c(F)cc1F. The fraction of sp³-hybridized carbons (Fsp3) is 0.455. The fourth-order valence-electron chi connectivity index (χ4n) is 1.50. The Kier molecular flexibility index (Phi) is 3.55. The monoisotopic (exact) mass is 202 g/mol. The van der Waals surface area contributed by atoms with E-state index in [-0.39, 0.29) is 11.5 Å². The molecule has 0 nitrogen and oxygen atoms in total. The van der Waals surface area contributed by atoms with Gasteiger partial charge in [-0.1, -0.05) is 20.3 Å². The van der Waals surface area contributed by atoms with E-state index in [2.05, 4.69) is 0 Å². The lowest BCUT2D eigenvalue weighted by atomic mass is 9.96. The molecule has 1 atom stereocenters. The Balaban J connectivity index is 3.02. The van der Waals surface area contributed by atoms with Crippen LogP contribution in [0.3, 0.4) is 0 Å². The van der Waals surface area contributed by atoms with E-state index in [0.717, 1.165) is 18.9 Å². The Morgan fingerprint density at radius 1 is 1.07 bits per heavy atom. The molecular weight excluding hydrogens is 189 g/mol. The molecular formula is C11H13F3. The van der Waals surface area contributed by atoms with E-state index in [4.69, 9.17) is 0 Å². The van der Waals surface area contributed by atoms with Gasteiger partial charge in [-0.15, -0.1) is 0 Å². The molecule has 1 rings (SSSR count). The minimum absolute atomic E-state index is 0.0740. The predicted octanol–water partition coefficient (Wildman–Crippen LogP) is 4.01. The normalized spacial score (nSPS) is 12.9. The number of rotatable bonds is 3. The molecule has 3 heteroatoms. The molecule has 0 saturated heterocycles. The summed E-state index contributed by atoms with van der Waals surface area (Å²) in [6, 6.07) is 1.56. The maximum absolute atomic E-state index is 13.2. The molecule has 1 aromatic carbocycles. The summed E-state index contributed by atoms with van der Waals surface area (Å²) in [4.78, 5) is 0. The third-order valence-electron chi connectivity index (χ3n) is 2.29. The van der Waals surface area contributed by atoms with Gasteiger partial charge in [-0.2, -0.15) is 0 Å². The highest BCUT2D eigenvalue weighted by atomic mass is 19.2. The van der Waals surface area contributed by atoms with Crippen molar-refractivity contribution < 1.29 is 13.2 Å². The second kappa shape index (κ2) is 4.49. The van der Waals surface area contributed by atoms with Crippen molar-refractivity contribution in [1.29, 1.82) is 0 Å². The fourth-order valence-corrected chi connectivity index (χ4v) is 1.50. The number of hydrogen-bond acceptors (Lipinski definition) is 0. The van der Waals surface area contributed by atoms with Crippen molar-refractivity contribution in [2.24, 2.45) is 0 Å². The first-order valence-corrected chi connectivity index (χ1v) is 4.70. The Hall–Kier alpha value is -0.990. The van der Waals surface area contributed by atoms with E-state index in [1.165, 1.54) is 0 Å². The van der Waals surface area contributed by atoms with Gasteiger partial charge in [0.2, 0.25) is 0 Å². The minimum Gasteiger partial charge on any atom is -0.207 e. The molecule has 0 aliphatic heterocycles. The quantitative estimate of drug-likeness (QED) is 0.650. The largest absolute Gasteiger partial charge is 0.207 e. The van der Waals surface area contributed by atoms with Gasteiger partial charge in [0, 0.05) is 6.07 Å². The Bertz CT molecular complexity index is 321. The zero-order chi connectivity index (χ0) is 10.7. The van der Waals surface area contributed by atoms with E-state index in [1.54, 1.807) is 6.92 Å². The maximum atomic E-state index is 13.2. The summed E-state index contributed by atoms with van der Waals surface area (Å²) >= 11 is 0. The van der Waals surface area contributed by atoms with Crippen LogP contribution in [0.4, 0.5) is 13.2 Å². The molecule has 0 aliphatic carbocycles. The van der Waals surface area contributed by atoms with Crippen LogP contribution >= 0.6 is 0 Å². The third kappa shape index (κ3) is 2.28. The molecule has 1 aromatic rings. The Labute approximate surface area is 81.8 Å². The summed E-state index contributed by atoms with van der Waals surface area (Å²) < 4.78 is 38.6. The summed E-state index contributed by atoms with van der Waals surface area (Å²) in [7, 11) is 0. The van der Waals surface area contributed by atoms with E-state index in [0.29, 0.717) is 6.07 Å². The van der Waals surface area contributed by atoms with Crippen molar-refractivity contribution >= 4 is 0 Å². The zero-order valence-electron chi connectivity index (χ0n) is 8.28. The lowest BCUT2D eigenvalue weighted by Crippen LogP contribution is -2.00. The van der Waals surface area contributed by atoms with Crippen LogP contribution in [-0.2, 0) is 0 Å². The zero-order valence-corrected chi connectivity index (χ0v) is 8.28. The van der Waals surface area contributed by atoms with Crippen LogP contribution in [0.1, 0.15) is 38.2 Å². The van der Waals surface area contributed by atoms with Crippen LogP contribution in [-0.4, -0.2) is 0 Å². The molecule has 0 amide bonds. The molecule has 0 radical (unpaired) electrons. The minimum atomic E-state index is -1.13. The molecule has 0 aliphatic rings. The molecule has 0 heterocycles. The van der Waals surface area contributed by atoms with Crippen LogP contribution in [0.15, 0.2) is 12.1 Å². The number of hydrogen-bond donors (Lipinski definition) is 0. The lowest BCUT2D eigenvalue weighted by molar-refractivity contribution is 0.483. The van der Waals surface area contributed by atoms with Gasteiger partial charge in [-0.25, -0.2) is 13.2 Å². The summed E-state index contributed by atoms with van der Waals surface area (Å²) in [6.07, 6.45) is 1.65. The first-order chi connectivity index (χ1) is 6.56.